The Hall–Kier alpha value is -2.75. The summed E-state index contributed by atoms with van der Waals surface area (Å²) in [6, 6.07) is 15.8. The Balaban J connectivity index is 1.83. The Morgan fingerprint density at radius 3 is 2.57 bits per heavy atom. The Morgan fingerprint density at radius 2 is 1.81 bits per heavy atom. The molecule has 0 aliphatic heterocycles. The Labute approximate surface area is 123 Å². The first-order valence-electron chi connectivity index (χ1n) is 6.76. The molecule has 3 rings (SSSR count). The standard InChI is InChI=1S/C17H17N3O/c1-21-17-5-3-2-4-14(17)11-20-12-15(10-19-20)13-6-8-16(18)9-7-13/h2-10,12H,11,18H2,1H3. The van der Waals surface area contributed by atoms with Crippen molar-refractivity contribution in [2.45, 2.75) is 6.54 Å². The third-order valence-electron chi connectivity index (χ3n) is 3.40. The van der Waals surface area contributed by atoms with E-state index in [-0.39, 0.29) is 0 Å². The van der Waals surface area contributed by atoms with Gasteiger partial charge in [0, 0.05) is 23.0 Å². The molecule has 2 aromatic carbocycles. The van der Waals surface area contributed by atoms with Crippen LogP contribution in [0, 0.1) is 0 Å². The van der Waals surface area contributed by atoms with Gasteiger partial charge in [-0.3, -0.25) is 4.68 Å². The number of hydrogen-bond acceptors (Lipinski definition) is 3. The van der Waals surface area contributed by atoms with Gasteiger partial charge in [-0.25, -0.2) is 0 Å². The highest BCUT2D eigenvalue weighted by Crippen LogP contribution is 2.22. The fourth-order valence-electron chi connectivity index (χ4n) is 2.28. The van der Waals surface area contributed by atoms with E-state index in [0.717, 1.165) is 28.1 Å². The van der Waals surface area contributed by atoms with E-state index < -0.39 is 0 Å². The van der Waals surface area contributed by atoms with Crippen molar-refractivity contribution in [1.82, 2.24) is 9.78 Å². The number of aromatic nitrogens is 2. The number of ether oxygens (including phenoxy) is 1. The normalized spacial score (nSPS) is 10.5. The van der Waals surface area contributed by atoms with Crippen molar-refractivity contribution in [3.63, 3.8) is 0 Å². The second-order valence-corrected chi connectivity index (χ2v) is 4.86. The summed E-state index contributed by atoms with van der Waals surface area (Å²) in [6.45, 7) is 0.680. The van der Waals surface area contributed by atoms with Crippen LogP contribution >= 0.6 is 0 Å². The molecule has 106 valence electrons. The molecule has 4 nitrogen and oxygen atoms in total. The van der Waals surface area contributed by atoms with Crippen molar-refractivity contribution in [3.05, 3.63) is 66.5 Å². The molecular weight excluding hydrogens is 262 g/mol. The molecule has 0 saturated carbocycles. The van der Waals surface area contributed by atoms with Crippen LogP contribution < -0.4 is 10.5 Å². The molecule has 0 aliphatic carbocycles. The highest BCUT2D eigenvalue weighted by atomic mass is 16.5. The molecule has 0 radical (unpaired) electrons. The molecule has 0 spiro atoms. The summed E-state index contributed by atoms with van der Waals surface area (Å²) in [5.41, 5.74) is 9.76. The summed E-state index contributed by atoms with van der Waals surface area (Å²) in [7, 11) is 1.68. The number of anilines is 1. The highest BCUT2D eigenvalue weighted by molar-refractivity contribution is 5.64. The smallest absolute Gasteiger partial charge is 0.123 e. The minimum Gasteiger partial charge on any atom is -0.496 e. The summed E-state index contributed by atoms with van der Waals surface area (Å²) in [5.74, 6) is 0.877. The SMILES string of the molecule is COc1ccccc1Cn1cc(-c2ccc(N)cc2)cn1. The van der Waals surface area contributed by atoms with E-state index in [9.17, 15) is 0 Å². The first-order valence-corrected chi connectivity index (χ1v) is 6.76. The average Bonchev–Trinajstić information content (AvgIpc) is 2.97. The second kappa shape index (κ2) is 5.71. The van der Waals surface area contributed by atoms with Crippen molar-refractivity contribution in [3.8, 4) is 16.9 Å². The first-order chi connectivity index (χ1) is 10.3. The van der Waals surface area contributed by atoms with Gasteiger partial charge >= 0.3 is 0 Å². The summed E-state index contributed by atoms with van der Waals surface area (Å²) in [5, 5.41) is 4.42. The second-order valence-electron chi connectivity index (χ2n) is 4.86. The van der Waals surface area contributed by atoms with Crippen LogP contribution in [0.2, 0.25) is 0 Å². The van der Waals surface area contributed by atoms with Crippen LogP contribution in [-0.2, 0) is 6.54 Å². The molecule has 2 N–H and O–H groups in total. The highest BCUT2D eigenvalue weighted by Gasteiger charge is 2.05. The number of nitrogens with zero attached hydrogens (tertiary/aromatic N) is 2. The van der Waals surface area contributed by atoms with Gasteiger partial charge in [0.2, 0.25) is 0 Å². The van der Waals surface area contributed by atoms with Gasteiger partial charge in [0.25, 0.3) is 0 Å². The predicted molar refractivity (Wildman–Crippen MR) is 84.2 cm³/mol. The van der Waals surface area contributed by atoms with E-state index in [4.69, 9.17) is 10.5 Å². The van der Waals surface area contributed by atoms with Crippen LogP contribution in [0.5, 0.6) is 5.75 Å². The van der Waals surface area contributed by atoms with E-state index in [1.54, 1.807) is 7.11 Å². The number of benzene rings is 2. The third-order valence-corrected chi connectivity index (χ3v) is 3.40. The summed E-state index contributed by atoms with van der Waals surface area (Å²) < 4.78 is 7.27. The number of nitrogen functional groups attached to an aromatic ring is 1. The van der Waals surface area contributed by atoms with Crippen molar-refractivity contribution in [2.75, 3.05) is 12.8 Å². The topological polar surface area (TPSA) is 53.1 Å². The minimum absolute atomic E-state index is 0.680. The zero-order valence-corrected chi connectivity index (χ0v) is 11.9. The summed E-state index contributed by atoms with van der Waals surface area (Å²) in [6.07, 6.45) is 3.89. The van der Waals surface area contributed by atoms with Crippen molar-refractivity contribution in [1.29, 1.82) is 0 Å². The van der Waals surface area contributed by atoms with Gasteiger partial charge in [-0.15, -0.1) is 0 Å². The molecule has 0 unspecified atom stereocenters. The predicted octanol–water partition coefficient (Wildman–Crippen LogP) is 3.19. The Bertz CT molecular complexity index is 732. The third kappa shape index (κ3) is 2.89. The van der Waals surface area contributed by atoms with E-state index in [0.29, 0.717) is 6.54 Å². The number of methoxy groups -OCH3 is 1. The molecule has 0 saturated heterocycles. The van der Waals surface area contributed by atoms with Crippen LogP contribution in [-0.4, -0.2) is 16.9 Å². The fourth-order valence-corrected chi connectivity index (χ4v) is 2.28. The van der Waals surface area contributed by atoms with Crippen molar-refractivity contribution >= 4 is 5.69 Å². The van der Waals surface area contributed by atoms with Crippen LogP contribution in [0.3, 0.4) is 0 Å². The van der Waals surface area contributed by atoms with Crippen LogP contribution in [0.1, 0.15) is 5.56 Å². The molecule has 0 fully saturated rings. The summed E-state index contributed by atoms with van der Waals surface area (Å²) >= 11 is 0. The molecular formula is C17H17N3O. The van der Waals surface area contributed by atoms with E-state index in [2.05, 4.69) is 5.10 Å². The van der Waals surface area contributed by atoms with Crippen LogP contribution in [0.15, 0.2) is 60.9 Å². The average molecular weight is 279 g/mol. The lowest BCUT2D eigenvalue weighted by molar-refractivity contribution is 0.407. The molecule has 21 heavy (non-hydrogen) atoms. The molecule has 1 aromatic heterocycles. The number of rotatable bonds is 4. The fraction of sp³-hybridized carbons (Fsp3) is 0.118. The minimum atomic E-state index is 0.680. The zero-order valence-electron chi connectivity index (χ0n) is 11.9. The van der Waals surface area contributed by atoms with Gasteiger partial charge in [0.05, 0.1) is 19.9 Å². The molecule has 4 heteroatoms. The monoisotopic (exact) mass is 279 g/mol. The molecule has 0 amide bonds. The van der Waals surface area contributed by atoms with Gasteiger partial charge in [0.1, 0.15) is 5.75 Å². The van der Waals surface area contributed by atoms with E-state index in [1.165, 1.54) is 0 Å². The quantitative estimate of drug-likeness (QED) is 0.746. The molecule has 0 atom stereocenters. The Morgan fingerprint density at radius 1 is 1.05 bits per heavy atom. The maximum Gasteiger partial charge on any atom is 0.123 e. The van der Waals surface area contributed by atoms with Gasteiger partial charge < -0.3 is 10.5 Å². The summed E-state index contributed by atoms with van der Waals surface area (Å²) in [4.78, 5) is 0. The molecule has 1 heterocycles. The van der Waals surface area contributed by atoms with E-state index in [1.807, 2.05) is 65.6 Å². The van der Waals surface area contributed by atoms with E-state index >= 15 is 0 Å². The maximum absolute atomic E-state index is 5.71. The van der Waals surface area contributed by atoms with Crippen LogP contribution in [0.25, 0.3) is 11.1 Å². The lowest BCUT2D eigenvalue weighted by Gasteiger charge is -2.07. The van der Waals surface area contributed by atoms with Crippen molar-refractivity contribution < 1.29 is 4.74 Å². The van der Waals surface area contributed by atoms with Crippen LogP contribution in [0.4, 0.5) is 5.69 Å². The molecule has 0 bridgehead atoms. The number of hydrogen-bond donors (Lipinski definition) is 1. The lowest BCUT2D eigenvalue weighted by atomic mass is 10.1. The largest absolute Gasteiger partial charge is 0.496 e. The van der Waals surface area contributed by atoms with Crippen molar-refractivity contribution in [2.24, 2.45) is 0 Å². The molecule has 3 aromatic rings. The number of para-hydroxylation sites is 1. The van der Waals surface area contributed by atoms with Gasteiger partial charge in [-0.2, -0.15) is 5.10 Å². The maximum atomic E-state index is 5.71. The zero-order chi connectivity index (χ0) is 14.7. The van der Waals surface area contributed by atoms with Gasteiger partial charge in [-0.1, -0.05) is 30.3 Å². The first kappa shape index (κ1) is 13.2. The Kier molecular flexibility index (Phi) is 3.60. The van der Waals surface area contributed by atoms with Gasteiger partial charge in [-0.05, 0) is 23.8 Å². The number of nitrogens with two attached hydrogens (primary N) is 1. The molecule has 0 aliphatic rings. The lowest BCUT2D eigenvalue weighted by Crippen LogP contribution is -2.01. The van der Waals surface area contributed by atoms with Gasteiger partial charge in [0.15, 0.2) is 0 Å².